The molecule has 0 atom stereocenters. The van der Waals surface area contributed by atoms with Crippen LogP contribution in [0.25, 0.3) is 0 Å². The predicted molar refractivity (Wildman–Crippen MR) is 96.7 cm³/mol. The van der Waals surface area contributed by atoms with E-state index in [2.05, 4.69) is 43.7 Å². The molecule has 0 aliphatic carbocycles. The second-order valence-corrected chi connectivity index (χ2v) is 5.91. The molecular weight excluding hydrogens is 488 g/mol. The molecule has 1 aromatic carbocycles. The SMILES string of the molecule is O/N=C\c1cc[n+](Cc2ccc(C[n+]3ccc(/C=N\O)cc3)cc2)cc1.[Br-].[Br-]. The van der Waals surface area contributed by atoms with Crippen molar-refractivity contribution in [3.05, 3.63) is 95.6 Å². The Morgan fingerprint density at radius 3 is 1.21 bits per heavy atom. The van der Waals surface area contributed by atoms with Gasteiger partial charge in [0, 0.05) is 46.5 Å². The van der Waals surface area contributed by atoms with Crippen molar-refractivity contribution in [2.45, 2.75) is 13.1 Å². The van der Waals surface area contributed by atoms with Gasteiger partial charge < -0.3 is 44.4 Å². The largest absolute Gasteiger partial charge is 1.00 e. The molecule has 0 saturated carbocycles. The van der Waals surface area contributed by atoms with E-state index < -0.39 is 0 Å². The molecule has 8 heteroatoms. The highest BCUT2D eigenvalue weighted by Gasteiger charge is 2.06. The van der Waals surface area contributed by atoms with Crippen molar-refractivity contribution < 1.29 is 53.5 Å². The molecule has 0 aliphatic heterocycles. The van der Waals surface area contributed by atoms with Gasteiger partial charge in [0.05, 0.1) is 12.4 Å². The summed E-state index contributed by atoms with van der Waals surface area (Å²) in [6.07, 6.45) is 10.6. The summed E-state index contributed by atoms with van der Waals surface area (Å²) in [6.45, 7) is 1.55. The lowest BCUT2D eigenvalue weighted by atomic mass is 10.1. The van der Waals surface area contributed by atoms with Crippen LogP contribution in [0.2, 0.25) is 0 Å². The fourth-order valence-corrected chi connectivity index (χ4v) is 2.63. The van der Waals surface area contributed by atoms with E-state index >= 15 is 0 Å². The molecule has 2 aromatic heterocycles. The van der Waals surface area contributed by atoms with Gasteiger partial charge >= 0.3 is 0 Å². The Kier molecular flexibility index (Phi) is 10.0. The van der Waals surface area contributed by atoms with Gasteiger partial charge in [-0.25, -0.2) is 9.13 Å². The highest BCUT2D eigenvalue weighted by atomic mass is 79.9. The van der Waals surface area contributed by atoms with Crippen LogP contribution in [-0.4, -0.2) is 22.8 Å². The van der Waals surface area contributed by atoms with Crippen molar-refractivity contribution in [2.75, 3.05) is 0 Å². The monoisotopic (exact) mass is 506 g/mol. The van der Waals surface area contributed by atoms with Crippen molar-refractivity contribution in [1.82, 2.24) is 0 Å². The molecule has 0 saturated heterocycles. The summed E-state index contributed by atoms with van der Waals surface area (Å²) >= 11 is 0. The average Bonchev–Trinajstić information content (AvgIpc) is 2.67. The fourth-order valence-electron chi connectivity index (χ4n) is 2.63. The molecule has 0 fully saturated rings. The molecule has 0 amide bonds. The third-order valence-corrected chi connectivity index (χ3v) is 4.00. The van der Waals surface area contributed by atoms with E-state index in [0.29, 0.717) is 0 Å². The first kappa shape index (κ1) is 23.5. The van der Waals surface area contributed by atoms with Crippen LogP contribution in [0.4, 0.5) is 0 Å². The Morgan fingerprint density at radius 2 is 0.929 bits per heavy atom. The van der Waals surface area contributed by atoms with Crippen molar-refractivity contribution in [3.8, 4) is 0 Å². The second-order valence-electron chi connectivity index (χ2n) is 5.91. The van der Waals surface area contributed by atoms with Crippen molar-refractivity contribution in [2.24, 2.45) is 10.3 Å². The zero-order valence-electron chi connectivity index (χ0n) is 14.9. The van der Waals surface area contributed by atoms with Crippen LogP contribution in [0.5, 0.6) is 0 Å². The molecule has 146 valence electrons. The van der Waals surface area contributed by atoms with Gasteiger partial charge in [-0.05, 0) is 0 Å². The predicted octanol–water partition coefficient (Wildman–Crippen LogP) is -4.02. The molecule has 0 aliphatic rings. The molecule has 2 N–H and O–H groups in total. The van der Waals surface area contributed by atoms with Crippen LogP contribution in [-0.2, 0) is 13.1 Å². The number of aromatic nitrogens is 2. The molecule has 6 nitrogen and oxygen atoms in total. The minimum Gasteiger partial charge on any atom is -1.00 e. The van der Waals surface area contributed by atoms with Crippen LogP contribution in [0.15, 0.2) is 83.6 Å². The number of oxime groups is 2. The topological polar surface area (TPSA) is 72.9 Å². The number of nitrogens with zero attached hydrogens (tertiary/aromatic N) is 4. The summed E-state index contributed by atoms with van der Waals surface area (Å²) in [5.41, 5.74) is 4.13. The highest BCUT2D eigenvalue weighted by molar-refractivity contribution is 5.78. The fraction of sp³-hybridized carbons (Fsp3) is 0.100. The Bertz CT molecular complexity index is 820. The Morgan fingerprint density at radius 1 is 0.607 bits per heavy atom. The molecule has 0 unspecified atom stereocenters. The van der Waals surface area contributed by atoms with E-state index in [1.54, 1.807) is 0 Å². The van der Waals surface area contributed by atoms with Crippen LogP contribution < -0.4 is 43.1 Å². The van der Waals surface area contributed by atoms with Crippen LogP contribution in [0.3, 0.4) is 0 Å². The van der Waals surface area contributed by atoms with E-state index in [0.717, 1.165) is 24.2 Å². The third-order valence-electron chi connectivity index (χ3n) is 4.00. The minimum absolute atomic E-state index is 0. The maximum Gasteiger partial charge on any atom is 0.173 e. The van der Waals surface area contributed by atoms with Gasteiger partial charge in [0.25, 0.3) is 0 Å². The van der Waals surface area contributed by atoms with E-state index in [1.165, 1.54) is 23.6 Å². The third kappa shape index (κ3) is 6.86. The number of benzene rings is 1. The zero-order valence-corrected chi connectivity index (χ0v) is 18.1. The first-order valence-electron chi connectivity index (χ1n) is 8.18. The van der Waals surface area contributed by atoms with E-state index in [4.69, 9.17) is 10.4 Å². The maximum atomic E-state index is 8.54. The van der Waals surface area contributed by atoms with E-state index in [9.17, 15) is 0 Å². The quantitative estimate of drug-likeness (QED) is 0.154. The molecule has 2 heterocycles. The van der Waals surface area contributed by atoms with Crippen molar-refractivity contribution >= 4 is 12.4 Å². The Labute approximate surface area is 184 Å². The lowest BCUT2D eigenvalue weighted by Crippen LogP contribution is -3.00. The standard InChI is InChI=1S/C20H18N4O2.2BrH/c25-21-13-17-5-9-23(10-6-17)15-19-1-2-20(4-3-19)16-24-11-7-18(8-12-24)14-22-26;;/h1-14H,15-16H2;2*1H. The van der Waals surface area contributed by atoms with Gasteiger partial charge in [0.2, 0.25) is 0 Å². The first-order chi connectivity index (χ1) is 12.8. The first-order valence-corrected chi connectivity index (χ1v) is 8.18. The van der Waals surface area contributed by atoms with Gasteiger partial charge in [-0.2, -0.15) is 0 Å². The van der Waals surface area contributed by atoms with Gasteiger partial charge in [-0.15, -0.1) is 0 Å². The summed E-state index contributed by atoms with van der Waals surface area (Å²) in [6, 6.07) is 16.1. The summed E-state index contributed by atoms with van der Waals surface area (Å²) in [5.74, 6) is 0. The molecular formula is C20H20Br2N4O2. The van der Waals surface area contributed by atoms with Gasteiger partial charge in [0.1, 0.15) is 0 Å². The second kappa shape index (κ2) is 12.0. The average molecular weight is 508 g/mol. The normalized spacial score (nSPS) is 10.6. The Hall–Kier alpha value is -2.58. The number of pyridine rings is 2. The van der Waals surface area contributed by atoms with Crippen molar-refractivity contribution in [1.29, 1.82) is 0 Å². The lowest BCUT2D eigenvalue weighted by Gasteiger charge is -2.01. The van der Waals surface area contributed by atoms with Gasteiger partial charge in [-0.3, -0.25) is 0 Å². The number of halogens is 2. The summed E-state index contributed by atoms with van der Waals surface area (Å²) in [5, 5.41) is 23.1. The van der Waals surface area contributed by atoms with Gasteiger partial charge in [-0.1, -0.05) is 34.6 Å². The van der Waals surface area contributed by atoms with E-state index in [1.807, 2.05) is 49.1 Å². The molecule has 28 heavy (non-hydrogen) atoms. The number of rotatable bonds is 6. The molecule has 3 aromatic rings. The van der Waals surface area contributed by atoms with Crippen LogP contribution >= 0.6 is 0 Å². The minimum atomic E-state index is 0. The molecule has 3 rings (SSSR count). The number of hydrogen-bond acceptors (Lipinski definition) is 4. The lowest BCUT2D eigenvalue weighted by molar-refractivity contribution is -0.689. The van der Waals surface area contributed by atoms with Crippen molar-refractivity contribution in [3.63, 3.8) is 0 Å². The zero-order chi connectivity index (χ0) is 18.2. The van der Waals surface area contributed by atoms with Gasteiger partial charge in [0.15, 0.2) is 37.9 Å². The molecule has 0 spiro atoms. The summed E-state index contributed by atoms with van der Waals surface area (Å²) in [4.78, 5) is 0. The molecule has 0 radical (unpaired) electrons. The highest BCUT2D eigenvalue weighted by Crippen LogP contribution is 2.04. The molecule has 0 bridgehead atoms. The summed E-state index contributed by atoms with van der Waals surface area (Å²) < 4.78 is 4.14. The maximum absolute atomic E-state index is 8.54. The van der Waals surface area contributed by atoms with Crippen LogP contribution in [0.1, 0.15) is 22.3 Å². The Balaban J connectivity index is 0.00000196. The number of hydrogen-bond donors (Lipinski definition) is 2. The smallest absolute Gasteiger partial charge is 0.173 e. The van der Waals surface area contributed by atoms with Crippen LogP contribution in [0, 0.1) is 0 Å². The van der Waals surface area contributed by atoms with E-state index in [-0.39, 0.29) is 34.0 Å². The summed E-state index contributed by atoms with van der Waals surface area (Å²) in [7, 11) is 0.